The first-order chi connectivity index (χ1) is 10.1. The Morgan fingerprint density at radius 1 is 1.10 bits per heavy atom. The van der Waals surface area contributed by atoms with E-state index in [2.05, 4.69) is 5.32 Å². The first-order valence-electron chi connectivity index (χ1n) is 6.60. The monoisotopic (exact) mass is 303 g/mol. The second kappa shape index (κ2) is 5.66. The molecule has 2 aromatic rings. The van der Waals surface area contributed by atoms with Gasteiger partial charge in [-0.2, -0.15) is 0 Å². The Hall–Kier alpha value is -2.20. The summed E-state index contributed by atoms with van der Waals surface area (Å²) in [6.07, 6.45) is 0. The Kier molecular flexibility index (Phi) is 3.71. The fourth-order valence-electron chi connectivity index (χ4n) is 2.06. The van der Waals surface area contributed by atoms with Gasteiger partial charge in [0.05, 0.1) is 0 Å². The Morgan fingerprint density at radius 2 is 1.86 bits per heavy atom. The molecule has 0 saturated carbocycles. The van der Waals surface area contributed by atoms with Crippen molar-refractivity contribution >= 4 is 23.2 Å². The number of aryl methyl sites for hydroxylation is 1. The molecule has 1 aliphatic heterocycles. The van der Waals surface area contributed by atoms with Crippen molar-refractivity contribution in [2.24, 2.45) is 0 Å². The molecule has 0 unspecified atom stereocenters. The molecule has 0 bridgehead atoms. The van der Waals surface area contributed by atoms with Crippen LogP contribution in [-0.2, 0) is 0 Å². The van der Waals surface area contributed by atoms with Crippen LogP contribution in [0.2, 0.25) is 5.02 Å². The van der Waals surface area contributed by atoms with E-state index in [1.54, 1.807) is 30.3 Å². The van der Waals surface area contributed by atoms with E-state index >= 15 is 0 Å². The Morgan fingerprint density at radius 3 is 2.62 bits per heavy atom. The lowest BCUT2D eigenvalue weighted by Gasteiger charge is -2.19. The van der Waals surface area contributed by atoms with Gasteiger partial charge in [0, 0.05) is 22.3 Å². The number of hydrogen-bond donors (Lipinski definition) is 1. The molecule has 0 atom stereocenters. The summed E-state index contributed by atoms with van der Waals surface area (Å²) in [5.41, 5.74) is 2.11. The van der Waals surface area contributed by atoms with E-state index in [1.807, 2.05) is 13.0 Å². The molecule has 1 amide bonds. The van der Waals surface area contributed by atoms with Crippen LogP contribution in [-0.4, -0.2) is 19.1 Å². The number of rotatable bonds is 2. The maximum atomic E-state index is 12.2. The number of halogens is 1. The molecule has 1 aliphatic rings. The minimum absolute atomic E-state index is 0.214. The van der Waals surface area contributed by atoms with Crippen LogP contribution >= 0.6 is 11.6 Å². The number of ether oxygens (including phenoxy) is 2. The summed E-state index contributed by atoms with van der Waals surface area (Å²) < 4.78 is 10.9. The first kappa shape index (κ1) is 13.8. The Bertz CT molecular complexity index is 700. The van der Waals surface area contributed by atoms with Gasteiger partial charge in [-0.1, -0.05) is 17.7 Å². The number of amides is 1. The van der Waals surface area contributed by atoms with Gasteiger partial charge in [-0.3, -0.25) is 4.79 Å². The van der Waals surface area contributed by atoms with Gasteiger partial charge in [0.2, 0.25) is 0 Å². The predicted molar refractivity (Wildman–Crippen MR) is 81.6 cm³/mol. The van der Waals surface area contributed by atoms with Crippen LogP contribution in [0.4, 0.5) is 5.69 Å². The van der Waals surface area contributed by atoms with Crippen LogP contribution in [0, 0.1) is 6.92 Å². The van der Waals surface area contributed by atoms with Gasteiger partial charge in [0.15, 0.2) is 11.5 Å². The number of carbonyl (C=O) groups is 1. The highest BCUT2D eigenvalue weighted by Crippen LogP contribution is 2.32. The molecule has 108 valence electrons. The summed E-state index contributed by atoms with van der Waals surface area (Å²) in [4.78, 5) is 12.2. The summed E-state index contributed by atoms with van der Waals surface area (Å²) in [7, 11) is 0. The molecule has 0 fully saturated rings. The van der Waals surface area contributed by atoms with Crippen molar-refractivity contribution in [3.63, 3.8) is 0 Å². The fraction of sp³-hybridized carbons (Fsp3) is 0.188. The first-order valence-corrected chi connectivity index (χ1v) is 6.98. The minimum atomic E-state index is -0.214. The summed E-state index contributed by atoms with van der Waals surface area (Å²) in [5, 5.41) is 3.40. The highest BCUT2D eigenvalue weighted by Gasteiger charge is 2.13. The third-order valence-corrected chi connectivity index (χ3v) is 3.64. The molecule has 4 nitrogen and oxygen atoms in total. The molecule has 1 N–H and O–H groups in total. The zero-order chi connectivity index (χ0) is 14.8. The van der Waals surface area contributed by atoms with Crippen molar-refractivity contribution in [2.45, 2.75) is 6.92 Å². The fourth-order valence-corrected chi connectivity index (χ4v) is 2.24. The zero-order valence-corrected chi connectivity index (χ0v) is 12.2. The molecule has 3 rings (SSSR count). The van der Waals surface area contributed by atoms with Crippen molar-refractivity contribution in [3.8, 4) is 11.5 Å². The highest BCUT2D eigenvalue weighted by molar-refractivity contribution is 6.31. The van der Waals surface area contributed by atoms with Gasteiger partial charge in [0.1, 0.15) is 13.2 Å². The molecule has 21 heavy (non-hydrogen) atoms. The maximum absolute atomic E-state index is 12.2. The molecule has 0 spiro atoms. The molecule has 0 saturated heterocycles. The second-order valence-electron chi connectivity index (χ2n) is 4.78. The van der Waals surface area contributed by atoms with Gasteiger partial charge in [-0.15, -0.1) is 0 Å². The standard InChI is InChI=1S/C16H14ClNO3/c1-10-2-3-11(8-13(10)17)16(19)18-12-4-5-14-15(9-12)21-7-6-20-14/h2-5,8-9H,6-7H2,1H3,(H,18,19). The van der Waals surface area contributed by atoms with Gasteiger partial charge >= 0.3 is 0 Å². The zero-order valence-electron chi connectivity index (χ0n) is 11.5. The lowest BCUT2D eigenvalue weighted by Crippen LogP contribution is -2.16. The lowest BCUT2D eigenvalue weighted by atomic mass is 10.1. The van der Waals surface area contributed by atoms with Crippen molar-refractivity contribution in [3.05, 3.63) is 52.5 Å². The normalized spacial score (nSPS) is 12.9. The van der Waals surface area contributed by atoms with Crippen LogP contribution in [0.5, 0.6) is 11.5 Å². The summed E-state index contributed by atoms with van der Waals surface area (Å²) in [6, 6.07) is 10.5. The van der Waals surface area contributed by atoms with E-state index in [0.29, 0.717) is 41.0 Å². The Labute approximate surface area is 127 Å². The summed E-state index contributed by atoms with van der Waals surface area (Å²) in [6.45, 7) is 2.95. The average Bonchev–Trinajstić information content (AvgIpc) is 2.50. The van der Waals surface area contributed by atoms with E-state index in [9.17, 15) is 4.79 Å². The van der Waals surface area contributed by atoms with Crippen molar-refractivity contribution in [1.29, 1.82) is 0 Å². The van der Waals surface area contributed by atoms with Gasteiger partial charge in [0.25, 0.3) is 5.91 Å². The van der Waals surface area contributed by atoms with E-state index in [-0.39, 0.29) is 5.91 Å². The number of anilines is 1. The third-order valence-electron chi connectivity index (χ3n) is 3.23. The van der Waals surface area contributed by atoms with E-state index in [4.69, 9.17) is 21.1 Å². The highest BCUT2D eigenvalue weighted by atomic mass is 35.5. The SMILES string of the molecule is Cc1ccc(C(=O)Nc2ccc3c(c2)OCCO3)cc1Cl. The van der Waals surface area contributed by atoms with Gasteiger partial charge in [-0.25, -0.2) is 0 Å². The van der Waals surface area contributed by atoms with Crippen LogP contribution in [0.25, 0.3) is 0 Å². The number of carbonyl (C=O) groups excluding carboxylic acids is 1. The number of hydrogen-bond acceptors (Lipinski definition) is 3. The lowest BCUT2D eigenvalue weighted by molar-refractivity contribution is 0.102. The second-order valence-corrected chi connectivity index (χ2v) is 5.18. The number of nitrogens with one attached hydrogen (secondary N) is 1. The maximum Gasteiger partial charge on any atom is 0.255 e. The van der Waals surface area contributed by atoms with Crippen LogP contribution < -0.4 is 14.8 Å². The number of benzene rings is 2. The molecule has 2 aromatic carbocycles. The molecule has 0 aliphatic carbocycles. The predicted octanol–water partition coefficient (Wildman–Crippen LogP) is 3.67. The van der Waals surface area contributed by atoms with Crippen molar-refractivity contribution in [2.75, 3.05) is 18.5 Å². The van der Waals surface area contributed by atoms with Gasteiger partial charge in [-0.05, 0) is 36.8 Å². The molecule has 5 heteroatoms. The molecule has 1 heterocycles. The molecular weight excluding hydrogens is 290 g/mol. The van der Waals surface area contributed by atoms with Crippen LogP contribution in [0.3, 0.4) is 0 Å². The summed E-state index contributed by atoms with van der Waals surface area (Å²) in [5.74, 6) is 1.12. The molecular formula is C16H14ClNO3. The van der Waals surface area contributed by atoms with Crippen molar-refractivity contribution in [1.82, 2.24) is 0 Å². The summed E-state index contributed by atoms with van der Waals surface area (Å²) >= 11 is 6.04. The van der Waals surface area contributed by atoms with E-state index in [0.717, 1.165) is 5.56 Å². The molecule has 0 radical (unpaired) electrons. The van der Waals surface area contributed by atoms with Crippen LogP contribution in [0.1, 0.15) is 15.9 Å². The molecule has 0 aromatic heterocycles. The van der Waals surface area contributed by atoms with E-state index < -0.39 is 0 Å². The van der Waals surface area contributed by atoms with Crippen molar-refractivity contribution < 1.29 is 14.3 Å². The van der Waals surface area contributed by atoms with E-state index in [1.165, 1.54) is 0 Å². The Balaban J connectivity index is 1.79. The minimum Gasteiger partial charge on any atom is -0.486 e. The number of fused-ring (bicyclic) bond motifs is 1. The third kappa shape index (κ3) is 2.95. The largest absolute Gasteiger partial charge is 0.486 e. The van der Waals surface area contributed by atoms with Crippen LogP contribution in [0.15, 0.2) is 36.4 Å². The topological polar surface area (TPSA) is 47.6 Å². The smallest absolute Gasteiger partial charge is 0.255 e. The average molecular weight is 304 g/mol. The quantitative estimate of drug-likeness (QED) is 0.921. The van der Waals surface area contributed by atoms with Gasteiger partial charge < -0.3 is 14.8 Å².